The number of unbranched alkanes of at least 4 members (excludes halogenated alkanes) is 1. The number of hydrogen-bond donors (Lipinski definition) is 9. The molecule has 0 radical (unpaired) electrons. The number of hydrogen-bond acceptors (Lipinski definition) is 9. The van der Waals surface area contributed by atoms with Crippen LogP contribution in [-0.4, -0.2) is 80.0 Å². The van der Waals surface area contributed by atoms with Crippen LogP contribution in [-0.2, 0) is 24.0 Å². The Morgan fingerprint density at radius 2 is 0.867 bits per heavy atom. The molecule has 0 fully saturated rings. The highest BCUT2D eigenvalue weighted by Gasteiger charge is 2.13. The molecule has 0 aromatic carbocycles. The largest absolute Gasteiger partial charge is 0.481 e. The van der Waals surface area contributed by atoms with Crippen LogP contribution >= 0.6 is 0 Å². The number of aliphatic carboxylic acids is 5. The Morgan fingerprint density at radius 3 is 1.10 bits per heavy atom. The Balaban J connectivity index is -0.000000364. The van der Waals surface area contributed by atoms with E-state index >= 15 is 0 Å². The van der Waals surface area contributed by atoms with Crippen LogP contribution in [0.15, 0.2) is 0 Å². The molecule has 0 saturated carbocycles. The molecule has 14 heteroatoms. The van der Waals surface area contributed by atoms with E-state index < -0.39 is 48.0 Å². The summed E-state index contributed by atoms with van der Waals surface area (Å²) in [6.45, 7) is 0.604. The van der Waals surface area contributed by atoms with Crippen LogP contribution in [0.3, 0.4) is 0 Å². The molecule has 176 valence electrons. The van der Waals surface area contributed by atoms with E-state index in [1.54, 1.807) is 0 Å². The lowest BCUT2D eigenvalue weighted by molar-refractivity contribution is -0.141. The van der Waals surface area contributed by atoms with E-state index in [9.17, 15) is 24.0 Å². The summed E-state index contributed by atoms with van der Waals surface area (Å²) in [4.78, 5) is 49.9. The standard InChI is InChI=1S/C6H14N2O2.2C5H9NO4/c7-4-2-1-3-5(8)6(9)10;2*6-3(5(9)10)1-2-4(7)8/h5H,1-4,7-8H2,(H,9,10);2*3H,1-2,6H2,(H,7,8)(H,9,10)/t5-;2*3-/m000/s1. The van der Waals surface area contributed by atoms with Gasteiger partial charge in [-0.15, -0.1) is 0 Å². The summed E-state index contributed by atoms with van der Waals surface area (Å²) in [5.74, 6) is -5.33. The van der Waals surface area contributed by atoms with Gasteiger partial charge in [0.15, 0.2) is 0 Å². The summed E-state index contributed by atoms with van der Waals surface area (Å²) in [6, 6.07) is -2.83. The summed E-state index contributed by atoms with van der Waals surface area (Å²) in [5.41, 5.74) is 20.4. The molecule has 0 rings (SSSR count). The third-order valence-corrected chi connectivity index (χ3v) is 3.26. The van der Waals surface area contributed by atoms with Crippen molar-refractivity contribution in [3.63, 3.8) is 0 Å². The second kappa shape index (κ2) is 19.5. The maximum absolute atomic E-state index is 10.1. The molecular formula is C16H32N4O10. The van der Waals surface area contributed by atoms with Crippen molar-refractivity contribution in [2.24, 2.45) is 22.9 Å². The van der Waals surface area contributed by atoms with Crippen molar-refractivity contribution in [3.05, 3.63) is 0 Å². The van der Waals surface area contributed by atoms with Crippen LogP contribution in [0.5, 0.6) is 0 Å². The van der Waals surface area contributed by atoms with Gasteiger partial charge in [-0.3, -0.25) is 24.0 Å². The highest BCUT2D eigenvalue weighted by atomic mass is 16.4. The number of carboxylic acids is 5. The first-order chi connectivity index (χ1) is 13.8. The van der Waals surface area contributed by atoms with E-state index in [0.29, 0.717) is 13.0 Å². The molecule has 0 aromatic rings. The number of carbonyl (C=O) groups is 5. The average molecular weight is 440 g/mol. The first-order valence-electron chi connectivity index (χ1n) is 8.84. The van der Waals surface area contributed by atoms with Crippen LogP contribution in [0.1, 0.15) is 44.9 Å². The molecule has 0 heterocycles. The maximum atomic E-state index is 10.1. The molecule has 0 aliphatic heterocycles. The Labute approximate surface area is 172 Å². The number of rotatable bonds is 13. The lowest BCUT2D eigenvalue weighted by atomic mass is 10.1. The highest BCUT2D eigenvalue weighted by molar-refractivity contribution is 5.75. The molecule has 0 amide bonds. The van der Waals surface area contributed by atoms with Crippen molar-refractivity contribution >= 4 is 29.8 Å². The molecule has 0 unspecified atom stereocenters. The van der Waals surface area contributed by atoms with Crippen molar-refractivity contribution < 1.29 is 49.5 Å². The Bertz CT molecular complexity index is 510. The van der Waals surface area contributed by atoms with Gasteiger partial charge in [0.05, 0.1) is 0 Å². The van der Waals surface area contributed by atoms with Crippen molar-refractivity contribution in [2.75, 3.05) is 6.54 Å². The third kappa shape index (κ3) is 25.2. The van der Waals surface area contributed by atoms with Crippen molar-refractivity contribution in [2.45, 2.75) is 63.1 Å². The van der Waals surface area contributed by atoms with Gasteiger partial charge in [-0.1, -0.05) is 6.42 Å². The summed E-state index contributed by atoms with van der Waals surface area (Å²) in [5, 5.41) is 40.9. The lowest BCUT2D eigenvalue weighted by Crippen LogP contribution is -2.30. The smallest absolute Gasteiger partial charge is 0.320 e. The summed E-state index contributed by atoms with van der Waals surface area (Å²) < 4.78 is 0. The average Bonchev–Trinajstić information content (AvgIpc) is 2.64. The molecule has 0 aliphatic rings. The number of carboxylic acid groups (broad SMARTS) is 5. The van der Waals surface area contributed by atoms with Crippen LogP contribution < -0.4 is 22.9 Å². The zero-order valence-corrected chi connectivity index (χ0v) is 16.5. The predicted molar refractivity (Wildman–Crippen MR) is 103 cm³/mol. The van der Waals surface area contributed by atoms with Gasteiger partial charge in [0, 0.05) is 12.8 Å². The van der Waals surface area contributed by atoms with E-state index in [1.807, 2.05) is 0 Å². The van der Waals surface area contributed by atoms with Gasteiger partial charge >= 0.3 is 29.8 Å². The van der Waals surface area contributed by atoms with E-state index in [2.05, 4.69) is 0 Å². The minimum atomic E-state index is -1.17. The maximum Gasteiger partial charge on any atom is 0.320 e. The minimum Gasteiger partial charge on any atom is -0.481 e. The van der Waals surface area contributed by atoms with Gasteiger partial charge in [0.2, 0.25) is 0 Å². The van der Waals surface area contributed by atoms with E-state index in [4.69, 9.17) is 48.5 Å². The monoisotopic (exact) mass is 440 g/mol. The van der Waals surface area contributed by atoms with Crippen molar-refractivity contribution in [3.8, 4) is 0 Å². The third-order valence-electron chi connectivity index (χ3n) is 3.26. The molecule has 14 nitrogen and oxygen atoms in total. The molecule has 0 saturated heterocycles. The zero-order chi connectivity index (χ0) is 24.3. The van der Waals surface area contributed by atoms with E-state index in [-0.39, 0.29) is 25.7 Å². The van der Waals surface area contributed by atoms with Gasteiger partial charge in [0.25, 0.3) is 0 Å². The van der Waals surface area contributed by atoms with Crippen LogP contribution in [0.2, 0.25) is 0 Å². The normalized spacial score (nSPS) is 12.7. The van der Waals surface area contributed by atoms with Crippen molar-refractivity contribution in [1.29, 1.82) is 0 Å². The van der Waals surface area contributed by atoms with Gasteiger partial charge in [-0.2, -0.15) is 0 Å². The molecule has 30 heavy (non-hydrogen) atoms. The van der Waals surface area contributed by atoms with Crippen molar-refractivity contribution in [1.82, 2.24) is 0 Å². The molecule has 3 atom stereocenters. The fourth-order valence-electron chi connectivity index (χ4n) is 1.44. The summed E-state index contributed by atoms with van der Waals surface area (Å²) in [6.07, 6.45) is 1.72. The first kappa shape index (κ1) is 31.9. The second-order valence-electron chi connectivity index (χ2n) is 5.98. The molecule has 13 N–H and O–H groups in total. The Morgan fingerprint density at radius 1 is 0.567 bits per heavy atom. The zero-order valence-electron chi connectivity index (χ0n) is 16.5. The fraction of sp³-hybridized carbons (Fsp3) is 0.688. The van der Waals surface area contributed by atoms with E-state index in [1.165, 1.54) is 0 Å². The van der Waals surface area contributed by atoms with Gasteiger partial charge < -0.3 is 48.5 Å². The quantitative estimate of drug-likeness (QED) is 0.141. The summed E-state index contributed by atoms with van der Waals surface area (Å²) in [7, 11) is 0. The topological polar surface area (TPSA) is 291 Å². The van der Waals surface area contributed by atoms with Crippen LogP contribution in [0.25, 0.3) is 0 Å². The molecule has 0 spiro atoms. The Kier molecular flexibility index (Phi) is 20.7. The molecule has 0 aromatic heterocycles. The molecule has 0 aliphatic carbocycles. The van der Waals surface area contributed by atoms with Crippen LogP contribution in [0, 0.1) is 0 Å². The van der Waals surface area contributed by atoms with E-state index in [0.717, 1.165) is 12.8 Å². The highest BCUT2D eigenvalue weighted by Crippen LogP contribution is 1.97. The van der Waals surface area contributed by atoms with Gasteiger partial charge in [-0.05, 0) is 32.2 Å². The lowest BCUT2D eigenvalue weighted by Gasteiger charge is -2.03. The van der Waals surface area contributed by atoms with Gasteiger partial charge in [0.1, 0.15) is 18.1 Å². The van der Waals surface area contributed by atoms with Gasteiger partial charge in [-0.25, -0.2) is 0 Å². The Hall–Kier alpha value is -2.81. The minimum absolute atomic E-state index is 0.0231. The molecular weight excluding hydrogens is 408 g/mol. The second-order valence-corrected chi connectivity index (χ2v) is 5.98. The first-order valence-corrected chi connectivity index (χ1v) is 8.84. The molecule has 0 bridgehead atoms. The van der Waals surface area contributed by atoms with Crippen LogP contribution in [0.4, 0.5) is 0 Å². The summed E-state index contributed by atoms with van der Waals surface area (Å²) >= 11 is 0. The number of nitrogens with two attached hydrogens (primary N) is 4. The fourth-order valence-corrected chi connectivity index (χ4v) is 1.44. The SMILES string of the molecule is NCCCC[C@H](N)C(=O)O.N[C@@H](CCC(=O)O)C(=O)O.N[C@@H](CCC(=O)O)C(=O)O. The predicted octanol–water partition coefficient (Wildman–Crippen LogP) is -1.95.